The van der Waals surface area contributed by atoms with Gasteiger partial charge in [-0.1, -0.05) is 12.2 Å². The monoisotopic (exact) mass is 235 g/mol. The van der Waals surface area contributed by atoms with Gasteiger partial charge in [-0.05, 0) is 25.2 Å². The van der Waals surface area contributed by atoms with Gasteiger partial charge in [-0.25, -0.2) is 4.79 Å². The van der Waals surface area contributed by atoms with E-state index in [1.807, 2.05) is 19.2 Å². The van der Waals surface area contributed by atoms with Crippen molar-refractivity contribution in [3.8, 4) is 5.75 Å². The van der Waals surface area contributed by atoms with Crippen molar-refractivity contribution in [2.75, 3.05) is 27.8 Å². The number of likely N-dealkylation sites (N-methyl/N-ethyl adjacent to an activating group) is 1. The molecule has 1 aromatic carbocycles. The van der Waals surface area contributed by atoms with Crippen molar-refractivity contribution in [2.45, 2.75) is 0 Å². The first-order chi connectivity index (χ1) is 8.22. The molecule has 0 radical (unpaired) electrons. The number of nitrogens with one attached hydrogen (secondary N) is 1. The minimum atomic E-state index is -0.351. The van der Waals surface area contributed by atoms with Crippen LogP contribution in [0.4, 0.5) is 0 Å². The Morgan fingerprint density at radius 3 is 2.76 bits per heavy atom. The molecule has 0 saturated carbocycles. The fraction of sp³-hybridized carbons (Fsp3) is 0.308. The van der Waals surface area contributed by atoms with Crippen LogP contribution < -0.4 is 10.1 Å². The van der Waals surface area contributed by atoms with E-state index in [1.54, 1.807) is 25.3 Å². The molecule has 0 aromatic heterocycles. The van der Waals surface area contributed by atoms with E-state index in [9.17, 15) is 4.79 Å². The quantitative estimate of drug-likeness (QED) is 0.789. The van der Waals surface area contributed by atoms with Crippen LogP contribution in [0.2, 0.25) is 0 Å². The van der Waals surface area contributed by atoms with Crippen LogP contribution in [0.15, 0.2) is 24.3 Å². The highest BCUT2D eigenvalue weighted by Gasteiger charge is 2.08. The molecule has 92 valence electrons. The molecule has 0 aliphatic heterocycles. The van der Waals surface area contributed by atoms with Crippen molar-refractivity contribution in [2.24, 2.45) is 0 Å². The number of carbonyl (C=O) groups excluding carboxylic acids is 1. The predicted molar refractivity (Wildman–Crippen MR) is 67.3 cm³/mol. The zero-order chi connectivity index (χ0) is 12.7. The van der Waals surface area contributed by atoms with Crippen LogP contribution in [-0.4, -0.2) is 33.8 Å². The zero-order valence-electron chi connectivity index (χ0n) is 10.3. The van der Waals surface area contributed by atoms with E-state index in [1.165, 1.54) is 7.11 Å². The van der Waals surface area contributed by atoms with E-state index in [-0.39, 0.29) is 5.97 Å². The van der Waals surface area contributed by atoms with E-state index in [2.05, 4.69) is 10.1 Å². The average Bonchev–Trinajstić information content (AvgIpc) is 2.38. The van der Waals surface area contributed by atoms with Crippen molar-refractivity contribution in [1.29, 1.82) is 0 Å². The lowest BCUT2D eigenvalue weighted by atomic mass is 10.1. The summed E-state index contributed by atoms with van der Waals surface area (Å²) in [7, 11) is 4.83. The second-order valence-electron chi connectivity index (χ2n) is 3.41. The molecule has 0 aliphatic rings. The minimum Gasteiger partial charge on any atom is -0.496 e. The van der Waals surface area contributed by atoms with Crippen molar-refractivity contribution in [3.05, 3.63) is 35.4 Å². The van der Waals surface area contributed by atoms with Crippen LogP contribution in [0.3, 0.4) is 0 Å². The largest absolute Gasteiger partial charge is 0.496 e. The van der Waals surface area contributed by atoms with Crippen molar-refractivity contribution in [1.82, 2.24) is 5.32 Å². The van der Waals surface area contributed by atoms with E-state index in [0.29, 0.717) is 5.56 Å². The van der Waals surface area contributed by atoms with Gasteiger partial charge in [0.25, 0.3) is 0 Å². The van der Waals surface area contributed by atoms with Gasteiger partial charge in [0, 0.05) is 12.1 Å². The standard InChI is InChI=1S/C13H17NO3/c1-14-8-4-5-10-9-11(13(15)17-3)6-7-12(10)16-2/h4-7,9,14H,8H2,1-3H3. The molecular formula is C13H17NO3. The Hall–Kier alpha value is -1.81. The molecule has 0 fully saturated rings. The van der Waals surface area contributed by atoms with Gasteiger partial charge in [-0.2, -0.15) is 0 Å². The van der Waals surface area contributed by atoms with Gasteiger partial charge < -0.3 is 14.8 Å². The van der Waals surface area contributed by atoms with Crippen LogP contribution in [0.5, 0.6) is 5.75 Å². The molecule has 0 amide bonds. The molecule has 1 rings (SSSR count). The van der Waals surface area contributed by atoms with Gasteiger partial charge in [0.2, 0.25) is 0 Å². The molecule has 4 nitrogen and oxygen atoms in total. The van der Waals surface area contributed by atoms with Crippen molar-refractivity contribution >= 4 is 12.0 Å². The Kier molecular flexibility index (Phi) is 5.23. The van der Waals surface area contributed by atoms with Gasteiger partial charge in [-0.15, -0.1) is 0 Å². The molecule has 17 heavy (non-hydrogen) atoms. The molecule has 0 aliphatic carbocycles. The highest BCUT2D eigenvalue weighted by atomic mass is 16.5. The average molecular weight is 235 g/mol. The van der Waals surface area contributed by atoms with E-state index in [0.717, 1.165) is 17.9 Å². The van der Waals surface area contributed by atoms with E-state index < -0.39 is 0 Å². The number of esters is 1. The molecule has 0 spiro atoms. The Bertz CT molecular complexity index is 413. The predicted octanol–water partition coefficient (Wildman–Crippen LogP) is 1.71. The number of ether oxygens (including phenoxy) is 2. The minimum absolute atomic E-state index is 0.351. The zero-order valence-corrected chi connectivity index (χ0v) is 10.3. The van der Waals surface area contributed by atoms with Crippen LogP contribution in [0.25, 0.3) is 6.08 Å². The maximum atomic E-state index is 11.4. The van der Waals surface area contributed by atoms with Crippen LogP contribution in [0.1, 0.15) is 15.9 Å². The van der Waals surface area contributed by atoms with Crippen LogP contribution in [-0.2, 0) is 4.74 Å². The summed E-state index contributed by atoms with van der Waals surface area (Å²) in [6.45, 7) is 0.756. The fourth-order valence-corrected chi connectivity index (χ4v) is 1.41. The third-order valence-electron chi connectivity index (χ3n) is 2.27. The first kappa shape index (κ1) is 13.3. The Balaban J connectivity index is 3.02. The summed E-state index contributed by atoms with van der Waals surface area (Å²) < 4.78 is 9.89. The van der Waals surface area contributed by atoms with Gasteiger partial charge in [0.15, 0.2) is 0 Å². The molecule has 0 saturated heterocycles. The van der Waals surface area contributed by atoms with Crippen molar-refractivity contribution in [3.63, 3.8) is 0 Å². The summed E-state index contributed by atoms with van der Waals surface area (Å²) in [5, 5.41) is 3.00. The topological polar surface area (TPSA) is 47.6 Å². The Labute approximate surface area is 101 Å². The maximum Gasteiger partial charge on any atom is 0.337 e. The third-order valence-corrected chi connectivity index (χ3v) is 2.27. The number of hydrogen-bond acceptors (Lipinski definition) is 4. The Morgan fingerprint density at radius 1 is 1.41 bits per heavy atom. The number of methoxy groups -OCH3 is 2. The number of rotatable bonds is 5. The smallest absolute Gasteiger partial charge is 0.337 e. The number of carbonyl (C=O) groups is 1. The first-order valence-corrected chi connectivity index (χ1v) is 5.30. The van der Waals surface area contributed by atoms with Crippen molar-refractivity contribution < 1.29 is 14.3 Å². The number of hydrogen-bond donors (Lipinski definition) is 1. The summed E-state index contributed by atoms with van der Waals surface area (Å²) >= 11 is 0. The molecule has 1 aromatic rings. The summed E-state index contributed by atoms with van der Waals surface area (Å²) in [6.07, 6.45) is 3.86. The van der Waals surface area contributed by atoms with E-state index in [4.69, 9.17) is 4.74 Å². The normalized spacial score (nSPS) is 10.5. The highest BCUT2D eigenvalue weighted by molar-refractivity contribution is 5.90. The maximum absolute atomic E-state index is 11.4. The lowest BCUT2D eigenvalue weighted by Gasteiger charge is -2.06. The summed E-state index contributed by atoms with van der Waals surface area (Å²) in [5.74, 6) is 0.376. The molecule has 0 heterocycles. The molecule has 4 heteroatoms. The van der Waals surface area contributed by atoms with Gasteiger partial charge in [0.05, 0.1) is 19.8 Å². The second-order valence-corrected chi connectivity index (χ2v) is 3.41. The second kappa shape index (κ2) is 6.70. The van der Waals surface area contributed by atoms with Gasteiger partial charge in [0.1, 0.15) is 5.75 Å². The lowest BCUT2D eigenvalue weighted by Crippen LogP contribution is -2.04. The SMILES string of the molecule is CNCC=Cc1cc(C(=O)OC)ccc1OC. The molecule has 0 atom stereocenters. The molecular weight excluding hydrogens is 218 g/mol. The number of benzene rings is 1. The van der Waals surface area contributed by atoms with Crippen LogP contribution in [0, 0.1) is 0 Å². The fourth-order valence-electron chi connectivity index (χ4n) is 1.41. The summed E-state index contributed by atoms with van der Waals surface area (Å²) in [5.41, 5.74) is 1.36. The van der Waals surface area contributed by atoms with E-state index >= 15 is 0 Å². The molecule has 1 N–H and O–H groups in total. The summed E-state index contributed by atoms with van der Waals surface area (Å²) in [6, 6.07) is 5.18. The molecule has 0 bridgehead atoms. The van der Waals surface area contributed by atoms with Crippen LogP contribution >= 0.6 is 0 Å². The molecule has 0 unspecified atom stereocenters. The summed E-state index contributed by atoms with van der Waals surface area (Å²) in [4.78, 5) is 11.4. The highest BCUT2D eigenvalue weighted by Crippen LogP contribution is 2.21. The third kappa shape index (κ3) is 3.60. The van der Waals surface area contributed by atoms with Gasteiger partial charge >= 0.3 is 5.97 Å². The lowest BCUT2D eigenvalue weighted by molar-refractivity contribution is 0.0600. The van der Waals surface area contributed by atoms with Gasteiger partial charge in [-0.3, -0.25) is 0 Å². The Morgan fingerprint density at radius 2 is 2.18 bits per heavy atom. The first-order valence-electron chi connectivity index (χ1n) is 5.30.